The number of carbonyl (C=O) groups excluding carboxylic acids is 4. The Bertz CT molecular complexity index is 812. The van der Waals surface area contributed by atoms with Crippen LogP contribution in [0.5, 0.6) is 0 Å². The first-order valence-electron chi connectivity index (χ1n) is 8.66. The first-order valence-corrected chi connectivity index (χ1v) is 8.66. The molecule has 0 saturated carbocycles. The fourth-order valence-corrected chi connectivity index (χ4v) is 2.27. The number of rotatable bonds is 9. The molecular formula is C21H21NO5. The van der Waals surface area contributed by atoms with Crippen LogP contribution in [0.3, 0.4) is 0 Å². The molecule has 0 saturated heterocycles. The van der Waals surface area contributed by atoms with Gasteiger partial charge in [0, 0.05) is 29.7 Å². The van der Waals surface area contributed by atoms with Crippen LogP contribution in [0.15, 0.2) is 54.6 Å². The van der Waals surface area contributed by atoms with E-state index in [0.29, 0.717) is 23.2 Å². The lowest BCUT2D eigenvalue weighted by Crippen LogP contribution is -2.15. The highest BCUT2D eigenvalue weighted by Crippen LogP contribution is 2.11. The van der Waals surface area contributed by atoms with Crippen LogP contribution in [0.4, 0.5) is 5.69 Å². The van der Waals surface area contributed by atoms with E-state index >= 15 is 0 Å². The molecule has 0 aliphatic carbocycles. The fraction of sp³-hybridized carbons (Fsp3) is 0.238. The van der Waals surface area contributed by atoms with Crippen LogP contribution in [-0.2, 0) is 14.3 Å². The quantitative estimate of drug-likeness (QED) is 0.542. The summed E-state index contributed by atoms with van der Waals surface area (Å²) >= 11 is 0. The molecule has 0 radical (unpaired) electrons. The molecule has 0 aromatic heterocycles. The second kappa shape index (κ2) is 10.0. The third kappa shape index (κ3) is 6.51. The number of benzene rings is 2. The summed E-state index contributed by atoms with van der Waals surface area (Å²) in [4.78, 5) is 47.1. The molecule has 0 heterocycles. The second-order valence-corrected chi connectivity index (χ2v) is 5.85. The topological polar surface area (TPSA) is 89.5 Å². The summed E-state index contributed by atoms with van der Waals surface area (Å²) in [6, 6.07) is 15.0. The zero-order valence-corrected chi connectivity index (χ0v) is 15.1. The Morgan fingerprint density at radius 2 is 1.44 bits per heavy atom. The SMILES string of the molecule is CCC(=O)Nc1ccc(C(=O)COC(=O)CCC(=O)c2ccccc2)cc1. The van der Waals surface area contributed by atoms with Crippen LogP contribution in [0.1, 0.15) is 46.9 Å². The van der Waals surface area contributed by atoms with E-state index in [0.717, 1.165) is 0 Å². The van der Waals surface area contributed by atoms with Crippen molar-refractivity contribution in [1.82, 2.24) is 0 Å². The molecule has 2 aromatic rings. The number of nitrogens with one attached hydrogen (secondary N) is 1. The van der Waals surface area contributed by atoms with Crippen molar-refractivity contribution in [3.05, 3.63) is 65.7 Å². The smallest absolute Gasteiger partial charge is 0.306 e. The monoisotopic (exact) mass is 367 g/mol. The maximum absolute atomic E-state index is 12.1. The summed E-state index contributed by atoms with van der Waals surface area (Å²) in [5.74, 6) is -1.22. The van der Waals surface area contributed by atoms with Gasteiger partial charge in [0.25, 0.3) is 0 Å². The van der Waals surface area contributed by atoms with Crippen molar-refractivity contribution in [3.8, 4) is 0 Å². The molecule has 2 aromatic carbocycles. The van der Waals surface area contributed by atoms with Gasteiger partial charge < -0.3 is 10.1 Å². The summed E-state index contributed by atoms with van der Waals surface area (Å²) in [5, 5.41) is 2.68. The van der Waals surface area contributed by atoms with E-state index in [9.17, 15) is 19.2 Å². The summed E-state index contributed by atoms with van der Waals surface area (Å²) in [5.41, 5.74) is 1.50. The van der Waals surface area contributed by atoms with Crippen molar-refractivity contribution in [2.24, 2.45) is 0 Å². The molecule has 2 rings (SSSR count). The summed E-state index contributed by atoms with van der Waals surface area (Å²) in [7, 11) is 0. The molecule has 0 fully saturated rings. The van der Waals surface area contributed by atoms with Gasteiger partial charge in [0.2, 0.25) is 5.91 Å². The second-order valence-electron chi connectivity index (χ2n) is 5.85. The Balaban J connectivity index is 1.76. The van der Waals surface area contributed by atoms with Gasteiger partial charge in [-0.25, -0.2) is 0 Å². The van der Waals surface area contributed by atoms with Gasteiger partial charge in [0.1, 0.15) is 0 Å². The Morgan fingerprint density at radius 3 is 2.07 bits per heavy atom. The molecular weight excluding hydrogens is 346 g/mol. The van der Waals surface area contributed by atoms with Gasteiger partial charge in [-0.05, 0) is 24.3 Å². The first-order chi connectivity index (χ1) is 13.0. The van der Waals surface area contributed by atoms with Crippen molar-refractivity contribution < 1.29 is 23.9 Å². The number of anilines is 1. The molecule has 27 heavy (non-hydrogen) atoms. The third-order valence-electron chi connectivity index (χ3n) is 3.83. The lowest BCUT2D eigenvalue weighted by atomic mass is 10.1. The molecule has 1 amide bonds. The van der Waals surface area contributed by atoms with Crippen LogP contribution < -0.4 is 5.32 Å². The minimum absolute atomic E-state index is 0.0306. The van der Waals surface area contributed by atoms with E-state index in [-0.39, 0.29) is 36.9 Å². The Labute approximate surface area is 157 Å². The Hall–Kier alpha value is -3.28. The van der Waals surface area contributed by atoms with E-state index in [1.54, 1.807) is 61.5 Å². The van der Waals surface area contributed by atoms with Crippen LogP contribution in [0.2, 0.25) is 0 Å². The van der Waals surface area contributed by atoms with Gasteiger partial charge in [-0.1, -0.05) is 37.3 Å². The Morgan fingerprint density at radius 1 is 0.815 bits per heavy atom. The van der Waals surface area contributed by atoms with Crippen LogP contribution >= 0.6 is 0 Å². The zero-order valence-electron chi connectivity index (χ0n) is 15.1. The molecule has 6 heteroatoms. The highest BCUT2D eigenvalue weighted by atomic mass is 16.5. The number of ketones is 2. The third-order valence-corrected chi connectivity index (χ3v) is 3.83. The van der Waals surface area contributed by atoms with Crippen molar-refractivity contribution >= 4 is 29.1 Å². The molecule has 140 valence electrons. The van der Waals surface area contributed by atoms with Crippen molar-refractivity contribution in [2.75, 3.05) is 11.9 Å². The summed E-state index contributed by atoms with van der Waals surface area (Å²) in [6.45, 7) is 1.36. The largest absolute Gasteiger partial charge is 0.457 e. The van der Waals surface area contributed by atoms with E-state index in [1.165, 1.54) is 0 Å². The maximum atomic E-state index is 12.1. The van der Waals surface area contributed by atoms with Gasteiger partial charge in [-0.15, -0.1) is 0 Å². The number of hydrogen-bond donors (Lipinski definition) is 1. The number of ether oxygens (including phenoxy) is 1. The Kier molecular flexibility index (Phi) is 7.43. The number of Topliss-reactive ketones (excluding diaryl/α,β-unsaturated/α-hetero) is 2. The predicted octanol–water partition coefficient (Wildman–Crippen LogP) is 3.42. The lowest BCUT2D eigenvalue weighted by Gasteiger charge is -2.06. The van der Waals surface area contributed by atoms with Crippen LogP contribution in [-0.4, -0.2) is 30.0 Å². The minimum atomic E-state index is -0.598. The van der Waals surface area contributed by atoms with Gasteiger partial charge in [0.05, 0.1) is 6.42 Å². The molecule has 0 aliphatic heterocycles. The van der Waals surface area contributed by atoms with Gasteiger partial charge >= 0.3 is 5.97 Å². The van der Waals surface area contributed by atoms with E-state index in [2.05, 4.69) is 5.32 Å². The van der Waals surface area contributed by atoms with E-state index in [4.69, 9.17) is 4.74 Å². The van der Waals surface area contributed by atoms with Crippen LogP contribution in [0.25, 0.3) is 0 Å². The summed E-state index contributed by atoms with van der Waals surface area (Å²) < 4.78 is 4.95. The predicted molar refractivity (Wildman–Crippen MR) is 101 cm³/mol. The zero-order chi connectivity index (χ0) is 19.6. The highest BCUT2D eigenvalue weighted by molar-refractivity contribution is 5.99. The maximum Gasteiger partial charge on any atom is 0.306 e. The summed E-state index contributed by atoms with van der Waals surface area (Å²) in [6.07, 6.45) is 0.315. The molecule has 1 N–H and O–H groups in total. The van der Waals surface area contributed by atoms with Gasteiger partial charge in [-0.3, -0.25) is 19.2 Å². The molecule has 0 aliphatic rings. The van der Waals surface area contributed by atoms with Crippen molar-refractivity contribution in [1.29, 1.82) is 0 Å². The standard InChI is InChI=1S/C21H21NO5/c1-2-20(25)22-17-10-8-16(9-11-17)19(24)14-27-21(26)13-12-18(23)15-6-4-3-5-7-15/h3-11H,2,12-14H2,1H3,(H,22,25). The van der Waals surface area contributed by atoms with Gasteiger partial charge in [0.15, 0.2) is 18.2 Å². The van der Waals surface area contributed by atoms with Gasteiger partial charge in [-0.2, -0.15) is 0 Å². The molecule has 0 bridgehead atoms. The average molecular weight is 367 g/mol. The average Bonchev–Trinajstić information content (AvgIpc) is 2.71. The minimum Gasteiger partial charge on any atom is -0.457 e. The molecule has 6 nitrogen and oxygen atoms in total. The number of amides is 1. The lowest BCUT2D eigenvalue weighted by molar-refractivity contribution is -0.142. The van der Waals surface area contributed by atoms with E-state index in [1.807, 2.05) is 0 Å². The van der Waals surface area contributed by atoms with Crippen LogP contribution in [0, 0.1) is 0 Å². The molecule has 0 atom stereocenters. The number of hydrogen-bond acceptors (Lipinski definition) is 5. The first kappa shape index (κ1) is 20.0. The van der Waals surface area contributed by atoms with Crippen molar-refractivity contribution in [3.63, 3.8) is 0 Å². The van der Waals surface area contributed by atoms with Crippen molar-refractivity contribution in [2.45, 2.75) is 26.2 Å². The molecule has 0 spiro atoms. The van der Waals surface area contributed by atoms with E-state index < -0.39 is 5.97 Å². The highest BCUT2D eigenvalue weighted by Gasteiger charge is 2.13. The number of carbonyl (C=O) groups is 4. The number of esters is 1. The normalized spacial score (nSPS) is 10.1. The fourth-order valence-electron chi connectivity index (χ4n) is 2.27. The molecule has 0 unspecified atom stereocenters.